The van der Waals surface area contributed by atoms with Crippen LogP contribution in [0.15, 0.2) is 30.3 Å². The zero-order valence-corrected chi connectivity index (χ0v) is 18.6. The molecule has 2 aliphatic heterocycles. The number of hydrogen-bond acceptors (Lipinski definition) is 3. The van der Waals surface area contributed by atoms with Gasteiger partial charge in [0, 0.05) is 19.1 Å². The van der Waals surface area contributed by atoms with Crippen LogP contribution in [0.5, 0.6) is 0 Å². The largest absolute Gasteiger partial charge is 0.416 e. The minimum atomic E-state index is -4.48. The summed E-state index contributed by atoms with van der Waals surface area (Å²) in [6.45, 7) is 2.37. The van der Waals surface area contributed by atoms with Crippen LogP contribution < -0.4 is 5.32 Å². The summed E-state index contributed by atoms with van der Waals surface area (Å²) in [5.41, 5.74) is -0.266. The lowest BCUT2D eigenvalue weighted by atomic mass is 9.75. The average Bonchev–Trinajstić information content (AvgIpc) is 3.58. The van der Waals surface area contributed by atoms with Crippen molar-refractivity contribution in [2.24, 2.45) is 5.92 Å². The monoisotopic (exact) mass is 480 g/mol. The van der Waals surface area contributed by atoms with Gasteiger partial charge in [0.25, 0.3) is 0 Å². The molecule has 182 valence electrons. The number of piperidine rings is 1. The summed E-state index contributed by atoms with van der Waals surface area (Å²) >= 11 is 0. The lowest BCUT2D eigenvalue weighted by molar-refractivity contribution is -0.157. The first-order valence-corrected chi connectivity index (χ1v) is 11.4. The topological polar surface area (TPSA) is 41.6 Å². The summed E-state index contributed by atoms with van der Waals surface area (Å²) in [6.07, 6.45) is -2.53. The van der Waals surface area contributed by atoms with E-state index < -0.39 is 34.9 Å². The Bertz CT molecular complexity index is 1130. The molecule has 0 bridgehead atoms. The van der Waals surface area contributed by atoms with E-state index in [1.165, 1.54) is 13.0 Å². The Morgan fingerprint density at radius 1 is 1.21 bits per heavy atom. The Kier molecular flexibility index (Phi) is 5.67. The van der Waals surface area contributed by atoms with Crippen LogP contribution in [-0.4, -0.2) is 29.9 Å². The van der Waals surface area contributed by atoms with Gasteiger partial charge in [-0.3, -0.25) is 4.79 Å². The van der Waals surface area contributed by atoms with E-state index in [4.69, 9.17) is 4.74 Å². The molecule has 2 heterocycles. The molecule has 1 amide bonds. The van der Waals surface area contributed by atoms with Crippen molar-refractivity contribution in [2.75, 3.05) is 13.1 Å². The second-order valence-electron chi connectivity index (χ2n) is 9.39. The number of carbonyl (C=O) groups excluding carboxylic acids is 1. The smallest absolute Gasteiger partial charge is 0.365 e. The van der Waals surface area contributed by atoms with E-state index in [1.54, 1.807) is 11.0 Å². The number of amides is 1. The van der Waals surface area contributed by atoms with Gasteiger partial charge in [0.1, 0.15) is 5.60 Å². The summed E-state index contributed by atoms with van der Waals surface area (Å²) in [6, 6.07) is 6.19. The van der Waals surface area contributed by atoms with E-state index >= 15 is 0 Å². The van der Waals surface area contributed by atoms with E-state index in [9.17, 15) is 26.7 Å². The van der Waals surface area contributed by atoms with Gasteiger partial charge < -0.3 is 15.0 Å². The lowest BCUT2D eigenvalue weighted by Gasteiger charge is -2.43. The van der Waals surface area contributed by atoms with Crippen LogP contribution in [0.3, 0.4) is 0 Å². The van der Waals surface area contributed by atoms with Gasteiger partial charge in [0.05, 0.1) is 18.1 Å². The van der Waals surface area contributed by atoms with Crippen molar-refractivity contribution in [3.8, 4) is 0 Å². The number of benzene rings is 2. The molecule has 9 heteroatoms. The van der Waals surface area contributed by atoms with Crippen LogP contribution in [0.1, 0.15) is 47.1 Å². The Hall–Kier alpha value is -2.52. The van der Waals surface area contributed by atoms with Gasteiger partial charge in [-0.05, 0) is 73.2 Å². The molecule has 3 aliphatic rings. The molecule has 1 saturated carbocycles. The molecule has 1 saturated heterocycles. The maximum absolute atomic E-state index is 14.2. The normalized spacial score (nSPS) is 24.4. The number of ether oxygens (including phenoxy) is 1. The zero-order valence-electron chi connectivity index (χ0n) is 18.6. The molecule has 0 radical (unpaired) electrons. The number of nitrogens with one attached hydrogen (secondary N) is 1. The molecule has 2 aromatic rings. The summed E-state index contributed by atoms with van der Waals surface area (Å²) in [5.74, 6) is -2.91. The maximum Gasteiger partial charge on any atom is 0.416 e. The van der Waals surface area contributed by atoms with Gasteiger partial charge in [-0.2, -0.15) is 13.2 Å². The fourth-order valence-electron chi connectivity index (χ4n) is 5.35. The van der Waals surface area contributed by atoms with Gasteiger partial charge in [-0.25, -0.2) is 8.78 Å². The van der Waals surface area contributed by atoms with Crippen LogP contribution in [0.4, 0.5) is 22.0 Å². The molecule has 2 fully saturated rings. The molecular weight excluding hydrogens is 455 g/mol. The molecule has 1 N–H and O–H groups in total. The highest BCUT2D eigenvalue weighted by Gasteiger charge is 2.53. The minimum Gasteiger partial charge on any atom is -0.365 e. The van der Waals surface area contributed by atoms with E-state index in [1.807, 2.05) is 0 Å². The van der Waals surface area contributed by atoms with E-state index in [-0.39, 0.29) is 37.2 Å². The first-order valence-electron chi connectivity index (χ1n) is 11.4. The second-order valence-corrected chi connectivity index (χ2v) is 9.39. The number of halogens is 5. The van der Waals surface area contributed by atoms with Gasteiger partial charge >= 0.3 is 6.18 Å². The summed E-state index contributed by atoms with van der Waals surface area (Å²) < 4.78 is 74.4. The molecule has 2 atom stereocenters. The van der Waals surface area contributed by atoms with Crippen molar-refractivity contribution < 1.29 is 31.5 Å². The first kappa shape index (κ1) is 23.2. The molecule has 1 unspecified atom stereocenters. The minimum absolute atomic E-state index is 0.0521. The van der Waals surface area contributed by atoms with Crippen LogP contribution in [0.25, 0.3) is 0 Å². The van der Waals surface area contributed by atoms with Gasteiger partial charge in [0.15, 0.2) is 11.6 Å². The SMILES string of the molecule is Cc1c(CN(C(=O)[C@H]2CNCCC23OCc2cc(F)c(F)cc23)C2CC2)cccc1C(F)(F)F. The molecule has 2 aromatic carbocycles. The highest BCUT2D eigenvalue weighted by Crippen LogP contribution is 2.48. The lowest BCUT2D eigenvalue weighted by Crippen LogP contribution is -2.55. The standard InChI is InChI=1S/C25H25F5N2O2/c1-14-15(3-2-4-18(14)25(28,29)30)12-32(17-5-6-17)23(33)20-11-31-8-7-24(20)19-10-22(27)21(26)9-16(19)13-34-24/h2-4,9-10,17,20,31H,5-8,11-13H2,1H3/t20-,24?/m1/s1. The Labute approximate surface area is 194 Å². The van der Waals surface area contributed by atoms with E-state index in [2.05, 4.69) is 5.32 Å². The van der Waals surface area contributed by atoms with Crippen LogP contribution in [-0.2, 0) is 34.5 Å². The number of hydrogen-bond donors (Lipinski definition) is 1. The third-order valence-electron chi connectivity index (χ3n) is 7.33. The number of nitrogens with zero attached hydrogens (tertiary/aromatic N) is 1. The Balaban J connectivity index is 1.49. The third kappa shape index (κ3) is 3.88. The predicted octanol–water partition coefficient (Wildman–Crippen LogP) is 4.82. The molecule has 4 nitrogen and oxygen atoms in total. The van der Waals surface area contributed by atoms with Gasteiger partial charge in [-0.15, -0.1) is 0 Å². The molecular formula is C25H25F5N2O2. The summed E-state index contributed by atoms with van der Waals surface area (Å²) in [7, 11) is 0. The highest BCUT2D eigenvalue weighted by molar-refractivity contribution is 5.82. The van der Waals surface area contributed by atoms with E-state index in [0.717, 1.165) is 31.0 Å². The van der Waals surface area contributed by atoms with E-state index in [0.29, 0.717) is 29.7 Å². The number of fused-ring (bicyclic) bond motifs is 2. The average molecular weight is 480 g/mol. The maximum atomic E-state index is 14.2. The Morgan fingerprint density at radius 2 is 1.94 bits per heavy atom. The fraction of sp³-hybridized carbons (Fsp3) is 0.480. The zero-order chi connectivity index (χ0) is 24.3. The molecule has 1 spiro atoms. The van der Waals surface area contributed by atoms with Gasteiger partial charge in [0.2, 0.25) is 5.91 Å². The number of alkyl halides is 3. The van der Waals surface area contributed by atoms with Crippen molar-refractivity contribution in [1.82, 2.24) is 10.2 Å². The summed E-state index contributed by atoms with van der Waals surface area (Å²) in [5, 5.41) is 3.20. The van der Waals surface area contributed by atoms with Crippen molar-refractivity contribution in [3.05, 3.63) is 69.8 Å². The third-order valence-corrected chi connectivity index (χ3v) is 7.33. The van der Waals surface area contributed by atoms with Crippen molar-refractivity contribution in [1.29, 1.82) is 0 Å². The second kappa shape index (κ2) is 8.30. The quantitative estimate of drug-likeness (QED) is 0.639. The van der Waals surface area contributed by atoms with Crippen LogP contribution in [0, 0.1) is 24.5 Å². The first-order chi connectivity index (χ1) is 16.1. The Morgan fingerprint density at radius 3 is 2.65 bits per heavy atom. The molecule has 34 heavy (non-hydrogen) atoms. The molecule has 5 rings (SSSR count). The molecule has 0 aromatic heterocycles. The van der Waals surface area contributed by atoms with Gasteiger partial charge in [-0.1, -0.05) is 12.1 Å². The molecule has 1 aliphatic carbocycles. The van der Waals surface area contributed by atoms with Crippen molar-refractivity contribution >= 4 is 5.91 Å². The van der Waals surface area contributed by atoms with Crippen LogP contribution >= 0.6 is 0 Å². The number of carbonyl (C=O) groups is 1. The van der Waals surface area contributed by atoms with Crippen molar-refractivity contribution in [3.63, 3.8) is 0 Å². The summed E-state index contributed by atoms with van der Waals surface area (Å²) in [4.78, 5) is 15.6. The predicted molar refractivity (Wildman–Crippen MR) is 114 cm³/mol. The number of rotatable bonds is 4. The highest BCUT2D eigenvalue weighted by atomic mass is 19.4. The fourth-order valence-corrected chi connectivity index (χ4v) is 5.35. The van der Waals surface area contributed by atoms with Crippen molar-refractivity contribution in [2.45, 2.75) is 57.2 Å². The van der Waals surface area contributed by atoms with Crippen LogP contribution in [0.2, 0.25) is 0 Å².